The molecule has 7 aromatic carbocycles. The highest BCUT2D eigenvalue weighted by Crippen LogP contribution is 2.49. The molecule has 2 heterocycles. The second-order valence-corrected chi connectivity index (χ2v) is 12.5. The highest BCUT2D eigenvalue weighted by atomic mass is 15.0. The smallest absolute Gasteiger partial charge is 0.102 e. The van der Waals surface area contributed by atoms with E-state index in [4.69, 9.17) is 9.98 Å². The van der Waals surface area contributed by atoms with Crippen LogP contribution in [0, 0.1) is 0 Å². The van der Waals surface area contributed by atoms with Gasteiger partial charge in [0.1, 0.15) is 12.1 Å². The molecule has 8 aromatic rings. The number of benzene rings is 7. The van der Waals surface area contributed by atoms with E-state index >= 15 is 0 Å². The van der Waals surface area contributed by atoms with Crippen LogP contribution in [0.1, 0.15) is 23.2 Å². The lowest BCUT2D eigenvalue weighted by atomic mass is 9.78. The molecule has 10 rings (SSSR count). The maximum Gasteiger partial charge on any atom is 0.102 e. The van der Waals surface area contributed by atoms with Crippen molar-refractivity contribution in [1.29, 1.82) is 0 Å². The Morgan fingerprint density at radius 3 is 1.89 bits per heavy atom. The molecule has 2 unspecified atom stereocenters. The van der Waals surface area contributed by atoms with Gasteiger partial charge in [0, 0.05) is 28.6 Å². The summed E-state index contributed by atoms with van der Waals surface area (Å²) in [6.07, 6.45) is 3.67. The highest BCUT2D eigenvalue weighted by molar-refractivity contribution is 6.17. The lowest BCUT2D eigenvalue weighted by Crippen LogP contribution is -2.18. The topological polar surface area (TPSA) is 29.6 Å². The van der Waals surface area contributed by atoms with Crippen molar-refractivity contribution in [3.63, 3.8) is 0 Å². The molecular weight excluding hydrogens is 571 g/mol. The van der Waals surface area contributed by atoms with Gasteiger partial charge in [0.25, 0.3) is 0 Å². The predicted molar refractivity (Wildman–Crippen MR) is 197 cm³/mol. The quantitative estimate of drug-likeness (QED) is 0.193. The second-order valence-electron chi connectivity index (χ2n) is 12.5. The molecule has 0 radical (unpaired) electrons. The van der Waals surface area contributed by atoms with E-state index in [0.29, 0.717) is 0 Å². The maximum absolute atomic E-state index is 4.85. The molecule has 47 heavy (non-hydrogen) atoms. The van der Waals surface area contributed by atoms with E-state index in [-0.39, 0.29) is 12.1 Å². The molecule has 2 aliphatic rings. The lowest BCUT2D eigenvalue weighted by Gasteiger charge is -2.32. The molecule has 2 atom stereocenters. The van der Waals surface area contributed by atoms with E-state index in [1.165, 1.54) is 82.8 Å². The molecule has 0 N–H and O–H groups in total. The van der Waals surface area contributed by atoms with Crippen LogP contribution in [0.2, 0.25) is 0 Å². The number of hydrogen-bond donors (Lipinski definition) is 0. The van der Waals surface area contributed by atoms with Crippen molar-refractivity contribution < 1.29 is 0 Å². The van der Waals surface area contributed by atoms with Gasteiger partial charge >= 0.3 is 0 Å². The maximum atomic E-state index is 4.85. The first kappa shape index (κ1) is 26.2. The molecule has 1 aromatic heterocycles. The van der Waals surface area contributed by atoms with Crippen LogP contribution in [-0.2, 0) is 0 Å². The van der Waals surface area contributed by atoms with E-state index in [2.05, 4.69) is 156 Å². The number of nitrogens with zero attached hydrogens (tertiary/aromatic N) is 3. The highest BCUT2D eigenvalue weighted by Gasteiger charge is 2.33. The minimum atomic E-state index is 0.0213. The Bertz CT molecular complexity index is 2600. The third kappa shape index (κ3) is 4.00. The number of aromatic nitrogens is 1. The van der Waals surface area contributed by atoms with E-state index in [0.717, 1.165) is 0 Å². The van der Waals surface area contributed by atoms with Gasteiger partial charge in [-0.05, 0) is 86.3 Å². The fourth-order valence-electron chi connectivity index (χ4n) is 7.85. The summed E-state index contributed by atoms with van der Waals surface area (Å²) in [6, 6.07) is 55.4. The molecule has 0 fully saturated rings. The van der Waals surface area contributed by atoms with Crippen LogP contribution in [0.5, 0.6) is 0 Å². The van der Waals surface area contributed by atoms with Crippen LogP contribution in [0.15, 0.2) is 162 Å². The van der Waals surface area contributed by atoms with Crippen molar-refractivity contribution >= 4 is 45.0 Å². The largest absolute Gasteiger partial charge is 0.309 e. The summed E-state index contributed by atoms with van der Waals surface area (Å²) < 4.78 is 2.42. The average molecular weight is 600 g/mol. The lowest BCUT2D eigenvalue weighted by molar-refractivity contribution is 0.572. The van der Waals surface area contributed by atoms with E-state index in [1.54, 1.807) is 0 Å². The number of aliphatic imine (C=N–C) groups is 2. The van der Waals surface area contributed by atoms with Crippen molar-refractivity contribution in [1.82, 2.24) is 4.57 Å². The Kier molecular flexibility index (Phi) is 5.70. The van der Waals surface area contributed by atoms with Crippen LogP contribution in [0.4, 0.5) is 0 Å². The summed E-state index contributed by atoms with van der Waals surface area (Å²) in [6.45, 7) is 0. The molecule has 0 saturated heterocycles. The first-order valence-corrected chi connectivity index (χ1v) is 16.2. The standard InChI is InChI=1S/C44H29N3/c1-2-13-33-28(9-1)10-8-18-40(33)47-41-17-6-5-15-35(41)39-27-32(20-22-42(39)47)30-12-7-11-29(25-30)31-19-21-37-38(26-31)34-14-3-4-16-36(34)43-44(37)46-24-23-45-43/h1-27,43-44H. The molecule has 220 valence electrons. The number of hydrogen-bond acceptors (Lipinski definition) is 2. The fourth-order valence-corrected chi connectivity index (χ4v) is 7.85. The van der Waals surface area contributed by atoms with Crippen LogP contribution < -0.4 is 0 Å². The Morgan fingerprint density at radius 1 is 0.404 bits per heavy atom. The van der Waals surface area contributed by atoms with Gasteiger partial charge in [0.15, 0.2) is 0 Å². The summed E-state index contributed by atoms with van der Waals surface area (Å²) in [5.74, 6) is 0. The zero-order chi connectivity index (χ0) is 30.9. The predicted octanol–water partition coefficient (Wildman–Crippen LogP) is 11.2. The monoisotopic (exact) mass is 599 g/mol. The van der Waals surface area contributed by atoms with Crippen molar-refractivity contribution in [2.24, 2.45) is 9.98 Å². The molecule has 3 heteroatoms. The minimum Gasteiger partial charge on any atom is -0.309 e. The van der Waals surface area contributed by atoms with Gasteiger partial charge in [-0.1, -0.05) is 115 Å². The first-order chi connectivity index (χ1) is 23.3. The van der Waals surface area contributed by atoms with Gasteiger partial charge in [0.05, 0.1) is 16.7 Å². The van der Waals surface area contributed by atoms with E-state index in [9.17, 15) is 0 Å². The Morgan fingerprint density at radius 2 is 1.02 bits per heavy atom. The first-order valence-electron chi connectivity index (χ1n) is 16.2. The molecule has 0 saturated carbocycles. The summed E-state index contributed by atoms with van der Waals surface area (Å²) in [5, 5.41) is 5.01. The van der Waals surface area contributed by atoms with Gasteiger partial charge in [-0.15, -0.1) is 0 Å². The molecule has 0 bridgehead atoms. The Labute approximate surface area is 272 Å². The minimum absolute atomic E-state index is 0.0213. The van der Waals surface area contributed by atoms with E-state index < -0.39 is 0 Å². The number of fused-ring (bicyclic) bond motifs is 10. The number of para-hydroxylation sites is 1. The fraction of sp³-hybridized carbons (Fsp3) is 0.0455. The Balaban J connectivity index is 1.10. The van der Waals surface area contributed by atoms with Gasteiger partial charge in [-0.2, -0.15) is 0 Å². The molecule has 0 amide bonds. The van der Waals surface area contributed by atoms with Gasteiger partial charge in [-0.3, -0.25) is 9.98 Å². The SMILES string of the molecule is C1=NC2c3ccccc3-c3cc(-c4cccc(-c5ccc6c(c5)c5ccccc5n6-c5cccc6ccccc56)c4)ccc3C2N=C1. The zero-order valence-electron chi connectivity index (χ0n) is 25.6. The Hall–Kier alpha value is -6.06. The molecule has 3 nitrogen and oxygen atoms in total. The second kappa shape index (κ2) is 10.2. The van der Waals surface area contributed by atoms with E-state index in [1.807, 2.05) is 12.4 Å². The molecule has 0 spiro atoms. The molecular formula is C44H29N3. The molecule has 1 aliphatic heterocycles. The van der Waals surface area contributed by atoms with Crippen molar-refractivity contribution in [2.45, 2.75) is 12.1 Å². The van der Waals surface area contributed by atoms with Crippen molar-refractivity contribution in [3.05, 3.63) is 163 Å². The third-order valence-corrected chi connectivity index (χ3v) is 10.0. The van der Waals surface area contributed by atoms with Crippen LogP contribution in [-0.4, -0.2) is 17.0 Å². The summed E-state index contributed by atoms with van der Waals surface area (Å²) in [7, 11) is 0. The van der Waals surface area contributed by atoms with Gasteiger partial charge in [-0.25, -0.2) is 0 Å². The third-order valence-electron chi connectivity index (χ3n) is 10.0. The average Bonchev–Trinajstić information content (AvgIpc) is 3.48. The number of rotatable bonds is 3. The van der Waals surface area contributed by atoms with Crippen molar-refractivity contribution in [2.75, 3.05) is 0 Å². The normalized spacial score (nSPS) is 16.3. The van der Waals surface area contributed by atoms with Crippen molar-refractivity contribution in [3.8, 4) is 39.1 Å². The van der Waals surface area contributed by atoms with Gasteiger partial charge in [0.2, 0.25) is 0 Å². The van der Waals surface area contributed by atoms with Crippen LogP contribution >= 0.6 is 0 Å². The van der Waals surface area contributed by atoms with Crippen LogP contribution in [0.25, 0.3) is 71.6 Å². The molecule has 1 aliphatic carbocycles. The van der Waals surface area contributed by atoms with Gasteiger partial charge < -0.3 is 4.57 Å². The summed E-state index contributed by atoms with van der Waals surface area (Å²) in [4.78, 5) is 9.67. The zero-order valence-corrected chi connectivity index (χ0v) is 25.6. The summed E-state index contributed by atoms with van der Waals surface area (Å²) in [5.41, 5.74) is 13.5. The van der Waals surface area contributed by atoms with Crippen LogP contribution in [0.3, 0.4) is 0 Å². The summed E-state index contributed by atoms with van der Waals surface area (Å²) >= 11 is 0.